The molecule has 98 valence electrons. The molecule has 0 spiro atoms. The molecule has 19 heavy (non-hydrogen) atoms. The number of nitrogens with one attached hydrogen (secondary N) is 1. The van der Waals surface area contributed by atoms with Crippen LogP contribution in [0.2, 0.25) is 0 Å². The van der Waals surface area contributed by atoms with Gasteiger partial charge in [0.2, 0.25) is 0 Å². The molecule has 0 aliphatic rings. The molecule has 1 aromatic carbocycles. The Kier molecular flexibility index (Phi) is 3.67. The lowest BCUT2D eigenvalue weighted by molar-refractivity contribution is 0.565. The first-order valence-electron chi connectivity index (χ1n) is 6.54. The Hall–Kier alpha value is -1.58. The molecule has 0 aliphatic carbocycles. The molecule has 0 saturated carbocycles. The van der Waals surface area contributed by atoms with E-state index >= 15 is 0 Å². The molecule has 0 saturated heterocycles. The van der Waals surface area contributed by atoms with Gasteiger partial charge in [0.15, 0.2) is 0 Å². The van der Waals surface area contributed by atoms with Gasteiger partial charge in [-0.3, -0.25) is 0 Å². The van der Waals surface area contributed by atoms with E-state index in [4.69, 9.17) is 4.42 Å². The second-order valence-electron chi connectivity index (χ2n) is 4.64. The number of thiophene rings is 1. The van der Waals surface area contributed by atoms with Gasteiger partial charge < -0.3 is 9.73 Å². The topological polar surface area (TPSA) is 25.2 Å². The number of aryl methyl sites for hydroxylation is 1. The fourth-order valence-electron chi connectivity index (χ4n) is 2.32. The highest BCUT2D eigenvalue weighted by Gasteiger charge is 2.09. The van der Waals surface area contributed by atoms with Crippen molar-refractivity contribution in [3.63, 3.8) is 0 Å². The number of furan rings is 1. The number of fused-ring (bicyclic) bond motifs is 1. The predicted molar refractivity (Wildman–Crippen MR) is 80.7 cm³/mol. The van der Waals surface area contributed by atoms with Gasteiger partial charge in [0.1, 0.15) is 11.3 Å². The Morgan fingerprint density at radius 3 is 2.89 bits per heavy atom. The smallest absolute Gasteiger partial charge is 0.134 e. The number of para-hydroxylation sites is 1. The van der Waals surface area contributed by atoms with Crippen molar-refractivity contribution >= 4 is 22.3 Å². The van der Waals surface area contributed by atoms with Crippen molar-refractivity contribution in [1.29, 1.82) is 0 Å². The quantitative estimate of drug-likeness (QED) is 0.706. The van der Waals surface area contributed by atoms with E-state index in [2.05, 4.69) is 35.0 Å². The summed E-state index contributed by atoms with van der Waals surface area (Å²) in [5.41, 5.74) is 2.26. The van der Waals surface area contributed by atoms with E-state index in [0.29, 0.717) is 0 Å². The monoisotopic (exact) mass is 271 g/mol. The van der Waals surface area contributed by atoms with Crippen LogP contribution in [0.5, 0.6) is 0 Å². The maximum Gasteiger partial charge on any atom is 0.134 e. The Morgan fingerprint density at radius 1 is 1.16 bits per heavy atom. The van der Waals surface area contributed by atoms with Crippen molar-refractivity contribution < 1.29 is 4.42 Å². The van der Waals surface area contributed by atoms with Gasteiger partial charge >= 0.3 is 0 Å². The Labute approximate surface area is 117 Å². The zero-order valence-electron chi connectivity index (χ0n) is 11.0. The third-order valence-corrected chi connectivity index (χ3v) is 4.27. The largest absolute Gasteiger partial charge is 0.461 e. The summed E-state index contributed by atoms with van der Waals surface area (Å²) in [5, 5.41) is 6.86. The maximum absolute atomic E-state index is 5.76. The molecule has 2 nitrogen and oxygen atoms in total. The summed E-state index contributed by atoms with van der Waals surface area (Å²) in [6.07, 6.45) is 1.09. The maximum atomic E-state index is 5.76. The van der Waals surface area contributed by atoms with E-state index in [0.717, 1.165) is 30.9 Å². The standard InChI is InChI=1S/C16H17NOS/c1-12-15(14-6-2-3-7-16(14)18-12)11-17-9-8-13-5-4-10-19-13/h2-7,10,17H,8-9,11H2,1H3. The van der Waals surface area contributed by atoms with Crippen molar-refractivity contribution in [2.45, 2.75) is 19.9 Å². The SMILES string of the molecule is Cc1oc2ccccc2c1CNCCc1cccs1. The van der Waals surface area contributed by atoms with Gasteiger partial charge in [0.05, 0.1) is 0 Å². The van der Waals surface area contributed by atoms with Gasteiger partial charge in [-0.1, -0.05) is 24.3 Å². The fourth-order valence-corrected chi connectivity index (χ4v) is 3.03. The Morgan fingerprint density at radius 2 is 2.05 bits per heavy atom. The molecule has 0 amide bonds. The highest BCUT2D eigenvalue weighted by molar-refractivity contribution is 7.09. The lowest BCUT2D eigenvalue weighted by atomic mass is 10.1. The first-order valence-corrected chi connectivity index (χ1v) is 7.42. The first kappa shape index (κ1) is 12.5. The predicted octanol–water partition coefficient (Wildman–Crippen LogP) is 4.14. The molecule has 0 unspecified atom stereocenters. The number of rotatable bonds is 5. The van der Waals surface area contributed by atoms with Crippen LogP contribution in [0.25, 0.3) is 11.0 Å². The van der Waals surface area contributed by atoms with Gasteiger partial charge in [-0.05, 0) is 30.9 Å². The van der Waals surface area contributed by atoms with Gasteiger partial charge in [0.25, 0.3) is 0 Å². The van der Waals surface area contributed by atoms with Crippen LogP contribution >= 0.6 is 11.3 Å². The Balaban J connectivity index is 1.63. The van der Waals surface area contributed by atoms with Crippen LogP contribution in [-0.2, 0) is 13.0 Å². The molecule has 0 radical (unpaired) electrons. The van der Waals surface area contributed by atoms with E-state index in [9.17, 15) is 0 Å². The van der Waals surface area contributed by atoms with Crippen LogP contribution in [-0.4, -0.2) is 6.54 Å². The van der Waals surface area contributed by atoms with E-state index in [1.807, 2.05) is 30.4 Å². The number of hydrogen-bond acceptors (Lipinski definition) is 3. The van der Waals surface area contributed by atoms with Crippen molar-refractivity contribution in [3.8, 4) is 0 Å². The minimum Gasteiger partial charge on any atom is -0.461 e. The van der Waals surface area contributed by atoms with Crippen LogP contribution in [0.4, 0.5) is 0 Å². The average molecular weight is 271 g/mol. The van der Waals surface area contributed by atoms with Gasteiger partial charge in [0, 0.05) is 28.9 Å². The molecular weight excluding hydrogens is 254 g/mol. The first-order chi connectivity index (χ1) is 9.34. The molecule has 1 N–H and O–H groups in total. The summed E-state index contributed by atoms with van der Waals surface area (Å²) in [5.74, 6) is 1.02. The number of hydrogen-bond donors (Lipinski definition) is 1. The van der Waals surface area contributed by atoms with E-state index in [1.54, 1.807) is 0 Å². The summed E-state index contributed by atoms with van der Waals surface area (Å²) in [6, 6.07) is 12.5. The molecule has 3 aromatic rings. The molecule has 0 aliphatic heterocycles. The lowest BCUT2D eigenvalue weighted by Crippen LogP contribution is -2.16. The number of benzene rings is 1. The molecule has 2 aromatic heterocycles. The lowest BCUT2D eigenvalue weighted by Gasteiger charge is -2.03. The third kappa shape index (κ3) is 2.72. The van der Waals surface area contributed by atoms with Gasteiger partial charge in [-0.15, -0.1) is 11.3 Å². The molecular formula is C16H17NOS. The summed E-state index contributed by atoms with van der Waals surface area (Å²) in [7, 11) is 0. The normalized spacial score (nSPS) is 11.2. The van der Waals surface area contributed by atoms with Crippen LogP contribution in [0.1, 0.15) is 16.2 Å². The van der Waals surface area contributed by atoms with Crippen molar-refractivity contribution in [2.75, 3.05) is 6.54 Å². The molecule has 3 rings (SSSR count). The van der Waals surface area contributed by atoms with E-state index < -0.39 is 0 Å². The second kappa shape index (κ2) is 5.59. The summed E-state index contributed by atoms with van der Waals surface area (Å²) < 4.78 is 5.76. The zero-order valence-corrected chi connectivity index (χ0v) is 11.8. The van der Waals surface area contributed by atoms with Gasteiger partial charge in [-0.25, -0.2) is 0 Å². The van der Waals surface area contributed by atoms with E-state index in [-0.39, 0.29) is 0 Å². The van der Waals surface area contributed by atoms with Crippen LogP contribution in [0.3, 0.4) is 0 Å². The van der Waals surface area contributed by atoms with Crippen molar-refractivity contribution in [2.24, 2.45) is 0 Å². The fraction of sp³-hybridized carbons (Fsp3) is 0.250. The molecule has 0 bridgehead atoms. The van der Waals surface area contributed by atoms with Gasteiger partial charge in [-0.2, -0.15) is 0 Å². The van der Waals surface area contributed by atoms with Crippen molar-refractivity contribution in [1.82, 2.24) is 5.32 Å². The average Bonchev–Trinajstić information content (AvgIpc) is 3.02. The van der Waals surface area contributed by atoms with Crippen LogP contribution in [0.15, 0.2) is 46.2 Å². The second-order valence-corrected chi connectivity index (χ2v) is 5.67. The molecule has 3 heteroatoms. The van der Waals surface area contributed by atoms with Crippen molar-refractivity contribution in [3.05, 3.63) is 58.0 Å². The summed E-state index contributed by atoms with van der Waals surface area (Å²) >= 11 is 1.82. The van der Waals surface area contributed by atoms with Crippen LogP contribution in [0, 0.1) is 6.92 Å². The third-order valence-electron chi connectivity index (χ3n) is 3.33. The highest BCUT2D eigenvalue weighted by atomic mass is 32.1. The van der Waals surface area contributed by atoms with E-state index in [1.165, 1.54) is 15.8 Å². The minimum atomic E-state index is 0.869. The zero-order chi connectivity index (χ0) is 13.1. The molecule has 0 fully saturated rings. The van der Waals surface area contributed by atoms with Crippen LogP contribution < -0.4 is 5.32 Å². The Bertz CT molecular complexity index is 655. The minimum absolute atomic E-state index is 0.869. The molecule has 0 atom stereocenters. The molecule has 2 heterocycles. The summed E-state index contributed by atoms with van der Waals surface area (Å²) in [6.45, 7) is 3.91. The highest BCUT2D eigenvalue weighted by Crippen LogP contribution is 2.24. The summed E-state index contributed by atoms with van der Waals surface area (Å²) in [4.78, 5) is 1.43.